The molecule has 1 amide bonds. The number of nitrogens with zero attached hydrogens (tertiary/aromatic N) is 1. The summed E-state index contributed by atoms with van der Waals surface area (Å²) in [7, 11) is 0. The van der Waals surface area contributed by atoms with Crippen molar-refractivity contribution in [3.05, 3.63) is 36.7 Å². The Hall–Kier alpha value is -1.95. The summed E-state index contributed by atoms with van der Waals surface area (Å²) in [5, 5.41) is 3.33. The molecule has 6 heteroatoms. The number of H-pyrrole nitrogens is 1. The van der Waals surface area contributed by atoms with Crippen LogP contribution in [0.1, 0.15) is 6.92 Å². The Kier molecular flexibility index (Phi) is 3.88. The minimum Gasteiger partial charge on any atom is -0.399 e. The molecule has 18 heavy (non-hydrogen) atoms. The summed E-state index contributed by atoms with van der Waals surface area (Å²) >= 11 is 1.38. The largest absolute Gasteiger partial charge is 0.399 e. The van der Waals surface area contributed by atoms with Crippen LogP contribution in [0.15, 0.2) is 41.8 Å². The SMILES string of the molecule is CC(Sc1ncc[nH]1)C(=O)Nc1ccc(N)cc1. The molecule has 0 saturated carbocycles. The van der Waals surface area contributed by atoms with E-state index in [1.165, 1.54) is 11.8 Å². The van der Waals surface area contributed by atoms with E-state index in [2.05, 4.69) is 15.3 Å². The number of hydrogen-bond acceptors (Lipinski definition) is 4. The summed E-state index contributed by atoms with van der Waals surface area (Å²) in [6.07, 6.45) is 3.39. The maximum Gasteiger partial charge on any atom is 0.237 e. The van der Waals surface area contributed by atoms with Crippen LogP contribution in [0.5, 0.6) is 0 Å². The predicted octanol–water partition coefficient (Wildman–Crippen LogP) is 2.11. The molecule has 1 aromatic heterocycles. The Morgan fingerprint density at radius 2 is 2.17 bits per heavy atom. The first-order chi connectivity index (χ1) is 8.65. The Labute approximate surface area is 109 Å². The number of imidazole rings is 1. The number of carbonyl (C=O) groups excluding carboxylic acids is 1. The van der Waals surface area contributed by atoms with Crippen LogP contribution in [0.2, 0.25) is 0 Å². The second-order valence-corrected chi connectivity index (χ2v) is 5.10. The number of anilines is 2. The fourth-order valence-corrected chi connectivity index (χ4v) is 2.11. The number of aromatic nitrogens is 2. The molecule has 0 radical (unpaired) electrons. The van der Waals surface area contributed by atoms with E-state index in [1.54, 1.807) is 36.7 Å². The van der Waals surface area contributed by atoms with Crippen LogP contribution < -0.4 is 11.1 Å². The van der Waals surface area contributed by atoms with E-state index < -0.39 is 0 Å². The van der Waals surface area contributed by atoms with Crippen LogP contribution in [0.4, 0.5) is 11.4 Å². The third-order valence-corrected chi connectivity index (χ3v) is 3.32. The third kappa shape index (κ3) is 3.27. The lowest BCUT2D eigenvalue weighted by molar-refractivity contribution is -0.115. The Bertz CT molecular complexity index is 509. The third-order valence-electron chi connectivity index (χ3n) is 2.31. The number of nitrogens with two attached hydrogens (primary N) is 1. The van der Waals surface area contributed by atoms with Crippen molar-refractivity contribution in [2.75, 3.05) is 11.1 Å². The zero-order valence-corrected chi connectivity index (χ0v) is 10.7. The van der Waals surface area contributed by atoms with Gasteiger partial charge in [0, 0.05) is 23.8 Å². The number of amides is 1. The van der Waals surface area contributed by atoms with Gasteiger partial charge in [-0.1, -0.05) is 11.8 Å². The van der Waals surface area contributed by atoms with Gasteiger partial charge in [0.1, 0.15) is 0 Å². The van der Waals surface area contributed by atoms with Crippen molar-refractivity contribution in [3.63, 3.8) is 0 Å². The quantitative estimate of drug-likeness (QED) is 0.582. The van der Waals surface area contributed by atoms with E-state index in [1.807, 2.05) is 6.92 Å². The van der Waals surface area contributed by atoms with Gasteiger partial charge in [0.25, 0.3) is 0 Å². The molecule has 0 saturated heterocycles. The van der Waals surface area contributed by atoms with Crippen molar-refractivity contribution < 1.29 is 4.79 Å². The number of aromatic amines is 1. The number of hydrogen-bond donors (Lipinski definition) is 3. The van der Waals surface area contributed by atoms with Gasteiger partial charge in [0.15, 0.2) is 5.16 Å². The summed E-state index contributed by atoms with van der Waals surface area (Å²) in [4.78, 5) is 18.9. The van der Waals surface area contributed by atoms with Crippen molar-refractivity contribution in [2.24, 2.45) is 0 Å². The molecule has 2 rings (SSSR count). The van der Waals surface area contributed by atoms with Crippen LogP contribution in [-0.4, -0.2) is 21.1 Å². The number of benzene rings is 1. The highest BCUT2D eigenvalue weighted by molar-refractivity contribution is 8.00. The van der Waals surface area contributed by atoms with Crippen molar-refractivity contribution in [1.82, 2.24) is 9.97 Å². The van der Waals surface area contributed by atoms with Gasteiger partial charge in [-0.25, -0.2) is 4.98 Å². The number of thioether (sulfide) groups is 1. The molecule has 1 unspecified atom stereocenters. The van der Waals surface area contributed by atoms with Gasteiger partial charge in [-0.05, 0) is 31.2 Å². The van der Waals surface area contributed by atoms with Gasteiger partial charge in [-0.2, -0.15) is 0 Å². The summed E-state index contributed by atoms with van der Waals surface area (Å²) in [5.74, 6) is -0.0684. The van der Waals surface area contributed by atoms with Crippen molar-refractivity contribution in [1.29, 1.82) is 0 Å². The van der Waals surface area contributed by atoms with Gasteiger partial charge >= 0.3 is 0 Å². The number of nitrogen functional groups attached to an aromatic ring is 1. The van der Waals surface area contributed by atoms with Gasteiger partial charge in [-0.15, -0.1) is 0 Å². The molecule has 1 heterocycles. The molecule has 1 atom stereocenters. The molecule has 0 spiro atoms. The Balaban J connectivity index is 1.93. The fourth-order valence-electron chi connectivity index (χ4n) is 1.35. The smallest absolute Gasteiger partial charge is 0.237 e. The van der Waals surface area contributed by atoms with Crippen molar-refractivity contribution in [3.8, 4) is 0 Å². The Morgan fingerprint density at radius 3 is 2.78 bits per heavy atom. The Morgan fingerprint density at radius 1 is 1.44 bits per heavy atom. The zero-order valence-electron chi connectivity index (χ0n) is 9.88. The maximum absolute atomic E-state index is 11.9. The molecular weight excluding hydrogens is 248 g/mol. The van der Waals surface area contributed by atoms with Crippen molar-refractivity contribution in [2.45, 2.75) is 17.3 Å². The highest BCUT2D eigenvalue weighted by atomic mass is 32.2. The second-order valence-electron chi connectivity index (χ2n) is 3.77. The second kappa shape index (κ2) is 5.59. The minimum atomic E-state index is -0.228. The van der Waals surface area contributed by atoms with Gasteiger partial charge in [0.2, 0.25) is 5.91 Å². The van der Waals surface area contributed by atoms with E-state index >= 15 is 0 Å². The molecule has 94 valence electrons. The first-order valence-corrected chi connectivity index (χ1v) is 6.35. The van der Waals surface area contributed by atoms with E-state index in [9.17, 15) is 4.79 Å². The highest BCUT2D eigenvalue weighted by Gasteiger charge is 2.15. The summed E-state index contributed by atoms with van der Waals surface area (Å²) in [5.41, 5.74) is 6.99. The van der Waals surface area contributed by atoms with Gasteiger partial charge in [-0.3, -0.25) is 4.79 Å². The maximum atomic E-state index is 11.9. The minimum absolute atomic E-state index is 0.0684. The zero-order chi connectivity index (χ0) is 13.0. The summed E-state index contributed by atoms with van der Waals surface area (Å²) < 4.78 is 0. The first kappa shape index (κ1) is 12.5. The molecule has 1 aromatic carbocycles. The molecule has 0 aliphatic rings. The lowest BCUT2D eigenvalue weighted by Gasteiger charge is -2.10. The van der Waals surface area contributed by atoms with Gasteiger partial charge < -0.3 is 16.0 Å². The number of nitrogens with one attached hydrogen (secondary N) is 2. The monoisotopic (exact) mass is 262 g/mol. The van der Waals surface area contributed by atoms with E-state index in [0.29, 0.717) is 5.69 Å². The first-order valence-electron chi connectivity index (χ1n) is 5.47. The molecule has 0 aliphatic heterocycles. The molecule has 4 N–H and O–H groups in total. The van der Waals surface area contributed by atoms with E-state index in [4.69, 9.17) is 5.73 Å². The molecule has 0 aliphatic carbocycles. The van der Waals surface area contributed by atoms with Crippen LogP contribution in [0.25, 0.3) is 0 Å². The van der Waals surface area contributed by atoms with Crippen LogP contribution in [0.3, 0.4) is 0 Å². The predicted molar refractivity (Wildman–Crippen MR) is 73.4 cm³/mol. The fraction of sp³-hybridized carbons (Fsp3) is 0.167. The lowest BCUT2D eigenvalue weighted by Crippen LogP contribution is -2.22. The summed E-state index contributed by atoms with van der Waals surface area (Å²) in [6, 6.07) is 7.05. The average molecular weight is 262 g/mol. The van der Waals surface area contributed by atoms with E-state index in [-0.39, 0.29) is 11.2 Å². The molecule has 0 bridgehead atoms. The van der Waals surface area contributed by atoms with E-state index in [0.717, 1.165) is 10.8 Å². The molecule has 2 aromatic rings. The van der Waals surface area contributed by atoms with Crippen molar-refractivity contribution >= 4 is 29.0 Å². The number of rotatable bonds is 4. The average Bonchev–Trinajstić information content (AvgIpc) is 2.85. The number of carbonyl (C=O) groups is 1. The lowest BCUT2D eigenvalue weighted by atomic mass is 10.3. The summed E-state index contributed by atoms with van der Waals surface area (Å²) in [6.45, 7) is 1.83. The molecule has 0 fully saturated rings. The van der Waals surface area contributed by atoms with Gasteiger partial charge in [0.05, 0.1) is 5.25 Å². The molecular formula is C12H14N4OS. The normalized spacial score (nSPS) is 12.1. The van der Waals surface area contributed by atoms with Crippen LogP contribution >= 0.6 is 11.8 Å². The topological polar surface area (TPSA) is 83.8 Å². The standard InChI is InChI=1S/C12H14N4OS/c1-8(18-12-14-6-7-15-12)11(17)16-10-4-2-9(13)3-5-10/h2-8H,13H2,1H3,(H,14,15)(H,16,17). The highest BCUT2D eigenvalue weighted by Crippen LogP contribution is 2.20. The molecule has 5 nitrogen and oxygen atoms in total. The van der Waals surface area contributed by atoms with Crippen LogP contribution in [-0.2, 0) is 4.79 Å². The van der Waals surface area contributed by atoms with Crippen LogP contribution in [0, 0.1) is 0 Å².